The van der Waals surface area contributed by atoms with Gasteiger partial charge in [-0.3, -0.25) is 4.79 Å². The molecule has 1 aromatic rings. The van der Waals surface area contributed by atoms with E-state index in [1.165, 1.54) is 7.11 Å². The zero-order chi connectivity index (χ0) is 17.5. The van der Waals surface area contributed by atoms with Gasteiger partial charge in [0, 0.05) is 19.0 Å². The summed E-state index contributed by atoms with van der Waals surface area (Å²) in [6, 6.07) is 9.46. The summed E-state index contributed by atoms with van der Waals surface area (Å²) in [7, 11) is 1.35. The number of carbonyl (C=O) groups excluding carboxylic acids is 2. The van der Waals surface area contributed by atoms with Gasteiger partial charge >= 0.3 is 12.1 Å². The summed E-state index contributed by atoms with van der Waals surface area (Å²) in [6.45, 7) is 2.78. The molecule has 3 unspecified atom stereocenters. The largest absolute Gasteiger partial charge is 0.469 e. The van der Waals surface area contributed by atoms with Gasteiger partial charge in [0.1, 0.15) is 6.61 Å². The summed E-state index contributed by atoms with van der Waals surface area (Å²) < 4.78 is 10.1. The van der Waals surface area contributed by atoms with Crippen molar-refractivity contribution in [2.75, 3.05) is 20.2 Å². The molecule has 0 bridgehead atoms. The molecule has 1 N–H and O–H groups in total. The molecule has 1 aliphatic heterocycles. The first-order chi connectivity index (χ1) is 11.5. The molecule has 6 nitrogen and oxygen atoms in total. The number of piperidine rings is 1. The van der Waals surface area contributed by atoms with Crippen LogP contribution >= 0.6 is 0 Å². The highest BCUT2D eigenvalue weighted by Gasteiger charge is 2.34. The molecule has 1 aromatic carbocycles. The molecule has 6 heteroatoms. The predicted molar refractivity (Wildman–Crippen MR) is 88.1 cm³/mol. The summed E-state index contributed by atoms with van der Waals surface area (Å²) in [5, 5.41) is 9.90. The molecule has 1 fully saturated rings. The molecule has 1 aliphatic rings. The highest BCUT2D eigenvalue weighted by Crippen LogP contribution is 2.27. The lowest BCUT2D eigenvalue weighted by molar-refractivity contribution is -0.142. The van der Waals surface area contributed by atoms with Crippen LogP contribution in [0.25, 0.3) is 0 Å². The van der Waals surface area contributed by atoms with Crippen LogP contribution in [-0.4, -0.2) is 48.4 Å². The van der Waals surface area contributed by atoms with Crippen LogP contribution in [0.4, 0.5) is 4.79 Å². The molecule has 0 aliphatic carbocycles. The van der Waals surface area contributed by atoms with E-state index in [1.54, 1.807) is 11.8 Å². The molecule has 0 spiro atoms. The Labute approximate surface area is 142 Å². The molecule has 132 valence electrons. The second-order valence-electron chi connectivity index (χ2n) is 6.33. The molecule has 1 heterocycles. The van der Waals surface area contributed by atoms with E-state index >= 15 is 0 Å². The molecule has 24 heavy (non-hydrogen) atoms. The van der Waals surface area contributed by atoms with Gasteiger partial charge in [0.15, 0.2) is 0 Å². The van der Waals surface area contributed by atoms with Crippen molar-refractivity contribution in [2.24, 2.45) is 11.8 Å². The van der Waals surface area contributed by atoms with E-state index in [9.17, 15) is 14.7 Å². The first-order valence-electron chi connectivity index (χ1n) is 8.20. The molecule has 0 radical (unpaired) electrons. The van der Waals surface area contributed by atoms with Crippen LogP contribution in [0.2, 0.25) is 0 Å². The summed E-state index contributed by atoms with van der Waals surface area (Å²) in [4.78, 5) is 25.5. The summed E-state index contributed by atoms with van der Waals surface area (Å²) >= 11 is 0. The number of ether oxygens (including phenoxy) is 2. The SMILES string of the molecule is COC(=O)CC1CC(C(C)O)CN(C(=O)OCc2ccccc2)C1. The van der Waals surface area contributed by atoms with Crippen molar-refractivity contribution in [3.63, 3.8) is 0 Å². The summed E-state index contributed by atoms with van der Waals surface area (Å²) in [6.07, 6.45) is -0.0360. The Balaban J connectivity index is 1.95. The number of methoxy groups -OCH3 is 1. The Bertz CT molecular complexity index is 546. The van der Waals surface area contributed by atoms with Crippen LogP contribution in [-0.2, 0) is 20.9 Å². The van der Waals surface area contributed by atoms with Crippen molar-refractivity contribution < 1.29 is 24.2 Å². The van der Waals surface area contributed by atoms with Crippen molar-refractivity contribution >= 4 is 12.1 Å². The fourth-order valence-corrected chi connectivity index (χ4v) is 3.02. The van der Waals surface area contributed by atoms with Gasteiger partial charge in [-0.25, -0.2) is 4.79 Å². The van der Waals surface area contributed by atoms with E-state index in [-0.39, 0.29) is 30.8 Å². The number of benzene rings is 1. The maximum Gasteiger partial charge on any atom is 0.410 e. The van der Waals surface area contributed by atoms with E-state index in [0.29, 0.717) is 19.5 Å². The van der Waals surface area contributed by atoms with Crippen LogP contribution in [0, 0.1) is 11.8 Å². The van der Waals surface area contributed by atoms with Crippen LogP contribution in [0.1, 0.15) is 25.3 Å². The lowest BCUT2D eigenvalue weighted by Gasteiger charge is -2.38. The highest BCUT2D eigenvalue weighted by atomic mass is 16.6. The predicted octanol–water partition coefficient (Wildman–Crippen LogP) is 2.21. The first kappa shape index (κ1) is 18.3. The minimum atomic E-state index is -0.546. The third-order valence-corrected chi connectivity index (χ3v) is 4.40. The Morgan fingerprint density at radius 2 is 2.00 bits per heavy atom. The van der Waals surface area contributed by atoms with Gasteiger partial charge in [-0.05, 0) is 24.8 Å². The number of nitrogens with zero attached hydrogens (tertiary/aromatic N) is 1. The van der Waals surface area contributed by atoms with Crippen molar-refractivity contribution in [3.05, 3.63) is 35.9 Å². The van der Waals surface area contributed by atoms with Crippen molar-refractivity contribution in [3.8, 4) is 0 Å². The Morgan fingerprint density at radius 1 is 1.29 bits per heavy atom. The third-order valence-electron chi connectivity index (χ3n) is 4.40. The van der Waals surface area contributed by atoms with Crippen LogP contribution in [0.3, 0.4) is 0 Å². The van der Waals surface area contributed by atoms with Crippen LogP contribution in [0.15, 0.2) is 30.3 Å². The smallest absolute Gasteiger partial charge is 0.410 e. The van der Waals surface area contributed by atoms with E-state index in [0.717, 1.165) is 5.56 Å². The van der Waals surface area contributed by atoms with Crippen LogP contribution in [0.5, 0.6) is 0 Å². The fraction of sp³-hybridized carbons (Fsp3) is 0.556. The molecule has 2 rings (SSSR count). The van der Waals surface area contributed by atoms with Gasteiger partial charge in [-0.15, -0.1) is 0 Å². The number of aliphatic hydroxyl groups excluding tert-OH is 1. The second-order valence-corrected chi connectivity index (χ2v) is 6.33. The molecule has 0 aromatic heterocycles. The van der Waals surface area contributed by atoms with E-state index < -0.39 is 12.2 Å². The quantitative estimate of drug-likeness (QED) is 0.835. The van der Waals surface area contributed by atoms with E-state index in [4.69, 9.17) is 9.47 Å². The lowest BCUT2D eigenvalue weighted by atomic mass is 9.84. The number of carbonyl (C=O) groups is 2. The minimum absolute atomic E-state index is 0.0323. The zero-order valence-electron chi connectivity index (χ0n) is 14.2. The van der Waals surface area contributed by atoms with Crippen molar-refractivity contribution in [2.45, 2.75) is 32.5 Å². The standard InChI is InChI=1S/C18H25NO5/c1-13(20)16-8-15(9-17(21)23-2)10-19(11-16)18(22)24-12-14-6-4-3-5-7-14/h3-7,13,15-16,20H,8-12H2,1-2H3. The highest BCUT2D eigenvalue weighted by molar-refractivity contribution is 5.70. The maximum atomic E-state index is 12.3. The van der Waals surface area contributed by atoms with Crippen LogP contribution < -0.4 is 0 Å². The van der Waals surface area contributed by atoms with Gasteiger partial charge in [0.25, 0.3) is 0 Å². The normalized spacial score (nSPS) is 21.9. The van der Waals surface area contributed by atoms with Gasteiger partial charge in [-0.1, -0.05) is 30.3 Å². The van der Waals surface area contributed by atoms with E-state index in [1.807, 2.05) is 30.3 Å². The van der Waals surface area contributed by atoms with Gasteiger partial charge in [-0.2, -0.15) is 0 Å². The second kappa shape index (κ2) is 8.68. The Morgan fingerprint density at radius 3 is 2.62 bits per heavy atom. The molecule has 1 amide bonds. The van der Waals surface area contributed by atoms with Gasteiger partial charge in [0.05, 0.1) is 19.6 Å². The topological polar surface area (TPSA) is 76.1 Å². The molecular weight excluding hydrogens is 310 g/mol. The van der Waals surface area contributed by atoms with Gasteiger partial charge in [0.2, 0.25) is 0 Å². The summed E-state index contributed by atoms with van der Waals surface area (Å²) in [5.41, 5.74) is 0.918. The van der Waals surface area contributed by atoms with Crippen molar-refractivity contribution in [1.29, 1.82) is 0 Å². The third kappa shape index (κ3) is 5.23. The number of hydrogen-bond acceptors (Lipinski definition) is 5. The van der Waals surface area contributed by atoms with E-state index in [2.05, 4.69) is 0 Å². The Hall–Kier alpha value is -2.08. The lowest BCUT2D eigenvalue weighted by Crippen LogP contribution is -2.47. The molecule has 1 saturated heterocycles. The Kier molecular flexibility index (Phi) is 6.61. The van der Waals surface area contributed by atoms with Crippen molar-refractivity contribution in [1.82, 2.24) is 4.90 Å². The molecular formula is C18H25NO5. The number of aliphatic hydroxyl groups is 1. The first-order valence-corrected chi connectivity index (χ1v) is 8.20. The monoisotopic (exact) mass is 335 g/mol. The fourth-order valence-electron chi connectivity index (χ4n) is 3.02. The maximum absolute atomic E-state index is 12.3. The summed E-state index contributed by atoms with van der Waals surface area (Å²) in [5.74, 6) is -0.406. The molecule has 3 atom stereocenters. The number of likely N-dealkylation sites (tertiary alicyclic amines) is 1. The number of hydrogen-bond donors (Lipinski definition) is 1. The molecule has 0 saturated carbocycles. The average Bonchev–Trinajstić information content (AvgIpc) is 2.60. The number of amides is 1. The average molecular weight is 335 g/mol. The van der Waals surface area contributed by atoms with Gasteiger partial charge < -0.3 is 19.5 Å². The number of rotatable bonds is 5. The zero-order valence-corrected chi connectivity index (χ0v) is 14.2. The minimum Gasteiger partial charge on any atom is -0.469 e. The number of esters is 1.